The van der Waals surface area contributed by atoms with Crippen LogP contribution in [0.4, 0.5) is 5.82 Å². The van der Waals surface area contributed by atoms with Crippen LogP contribution >= 0.6 is 0 Å². The Hall–Kier alpha value is -3.56. The Morgan fingerprint density at radius 1 is 1.20 bits per heavy atom. The van der Waals surface area contributed by atoms with Crippen molar-refractivity contribution in [1.29, 1.82) is 0 Å². The van der Waals surface area contributed by atoms with Crippen molar-refractivity contribution in [3.05, 3.63) is 64.0 Å². The van der Waals surface area contributed by atoms with Gasteiger partial charge in [-0.2, -0.15) is 10.1 Å². The van der Waals surface area contributed by atoms with Gasteiger partial charge in [-0.3, -0.25) is 9.36 Å². The zero-order chi connectivity index (χ0) is 20.4. The maximum Gasteiger partial charge on any atom is 0.280 e. The van der Waals surface area contributed by atoms with E-state index in [9.17, 15) is 4.79 Å². The first-order valence-corrected chi connectivity index (χ1v) is 9.98. The van der Waals surface area contributed by atoms with Crippen LogP contribution < -0.4 is 10.5 Å². The van der Waals surface area contributed by atoms with E-state index >= 15 is 0 Å². The lowest BCUT2D eigenvalue weighted by molar-refractivity contribution is 0.363. The van der Waals surface area contributed by atoms with Gasteiger partial charge in [0.25, 0.3) is 5.56 Å². The minimum Gasteiger partial charge on any atom is -0.356 e. The Labute approximate surface area is 171 Å². The van der Waals surface area contributed by atoms with Crippen molar-refractivity contribution >= 4 is 11.3 Å². The standard InChI is InChI=1S/C20H20N8O2/c1-11-3-4-21-15(5-11)26-7-13-14(8-26)17(13)19-24-16(30-25-19)9-27-10-23-28-18(20(27)29)12(2)6-22-28/h3-6,10,13-14,17H,7-9H2,1-2H3/t13-,14+,17?. The zero-order valence-corrected chi connectivity index (χ0v) is 16.6. The van der Waals surface area contributed by atoms with E-state index in [0.717, 1.165) is 30.3 Å². The minimum absolute atomic E-state index is 0.177. The number of pyridine rings is 1. The summed E-state index contributed by atoms with van der Waals surface area (Å²) in [5.41, 5.74) is 2.28. The molecule has 30 heavy (non-hydrogen) atoms. The third-order valence-electron chi connectivity index (χ3n) is 6.20. The number of hydrogen-bond donors (Lipinski definition) is 0. The molecule has 0 amide bonds. The minimum atomic E-state index is -0.177. The molecule has 4 aromatic heterocycles. The van der Waals surface area contributed by atoms with Crippen LogP contribution in [0.2, 0.25) is 0 Å². The third-order valence-corrected chi connectivity index (χ3v) is 6.20. The molecule has 1 unspecified atom stereocenters. The predicted octanol–water partition coefficient (Wildman–Crippen LogP) is 1.18. The molecule has 6 rings (SSSR count). The number of fused-ring (bicyclic) bond motifs is 2. The van der Waals surface area contributed by atoms with Crippen LogP contribution in [-0.2, 0) is 6.54 Å². The summed E-state index contributed by atoms with van der Waals surface area (Å²) in [5, 5.41) is 12.4. The summed E-state index contributed by atoms with van der Waals surface area (Å²) in [4.78, 5) is 24.1. The molecule has 4 aromatic rings. The second-order valence-corrected chi connectivity index (χ2v) is 8.23. The first-order chi connectivity index (χ1) is 14.6. The van der Waals surface area contributed by atoms with Crippen molar-refractivity contribution < 1.29 is 4.52 Å². The lowest BCUT2D eigenvalue weighted by Crippen LogP contribution is -2.25. The molecule has 0 bridgehead atoms. The topological polar surface area (TPSA) is 107 Å². The van der Waals surface area contributed by atoms with Gasteiger partial charge < -0.3 is 9.42 Å². The summed E-state index contributed by atoms with van der Waals surface area (Å²) in [6.07, 6.45) is 4.93. The Bertz CT molecular complexity index is 1310. The highest BCUT2D eigenvalue weighted by Crippen LogP contribution is 2.57. The fourth-order valence-electron chi connectivity index (χ4n) is 4.57. The van der Waals surface area contributed by atoms with Crippen LogP contribution in [0.3, 0.4) is 0 Å². The van der Waals surface area contributed by atoms with E-state index < -0.39 is 0 Å². The molecule has 1 saturated carbocycles. The highest BCUT2D eigenvalue weighted by molar-refractivity contribution is 5.49. The molecule has 2 aliphatic rings. The molecule has 10 nitrogen and oxygen atoms in total. The monoisotopic (exact) mass is 404 g/mol. The summed E-state index contributed by atoms with van der Waals surface area (Å²) in [6.45, 7) is 6.02. The van der Waals surface area contributed by atoms with Gasteiger partial charge >= 0.3 is 0 Å². The van der Waals surface area contributed by atoms with Gasteiger partial charge in [0.2, 0.25) is 5.89 Å². The Balaban J connectivity index is 1.17. The van der Waals surface area contributed by atoms with Crippen molar-refractivity contribution in [1.82, 2.24) is 34.5 Å². The van der Waals surface area contributed by atoms with E-state index in [1.807, 2.05) is 19.2 Å². The van der Waals surface area contributed by atoms with Crippen LogP contribution in [0.25, 0.3) is 5.52 Å². The van der Waals surface area contributed by atoms with Gasteiger partial charge in [-0.25, -0.2) is 4.98 Å². The second kappa shape index (κ2) is 6.22. The van der Waals surface area contributed by atoms with Crippen molar-refractivity contribution in [2.75, 3.05) is 18.0 Å². The average molecular weight is 404 g/mol. The normalized spacial score (nSPS) is 22.6. The molecule has 152 valence electrons. The molecule has 0 spiro atoms. The van der Waals surface area contributed by atoms with E-state index in [4.69, 9.17) is 4.52 Å². The Kier molecular flexibility index (Phi) is 3.59. The lowest BCUT2D eigenvalue weighted by Gasteiger charge is -2.20. The smallest absolute Gasteiger partial charge is 0.280 e. The molecule has 1 aliphatic heterocycles. The average Bonchev–Trinajstić information content (AvgIpc) is 3.16. The summed E-state index contributed by atoms with van der Waals surface area (Å²) >= 11 is 0. The molecule has 3 atom stereocenters. The van der Waals surface area contributed by atoms with E-state index in [2.05, 4.69) is 43.2 Å². The maximum absolute atomic E-state index is 12.7. The molecular formula is C20H20N8O2. The van der Waals surface area contributed by atoms with Gasteiger partial charge in [0, 0.05) is 30.8 Å². The first kappa shape index (κ1) is 17.3. The van der Waals surface area contributed by atoms with Crippen molar-refractivity contribution in [2.24, 2.45) is 11.8 Å². The predicted molar refractivity (Wildman–Crippen MR) is 106 cm³/mol. The van der Waals surface area contributed by atoms with Gasteiger partial charge in [0.15, 0.2) is 11.3 Å². The van der Waals surface area contributed by atoms with Crippen LogP contribution in [-0.4, -0.2) is 47.6 Å². The van der Waals surface area contributed by atoms with Gasteiger partial charge in [-0.1, -0.05) is 5.16 Å². The maximum atomic E-state index is 12.7. The number of hydrogen-bond acceptors (Lipinski definition) is 8. The van der Waals surface area contributed by atoms with Crippen LogP contribution in [0.1, 0.15) is 28.8 Å². The highest BCUT2D eigenvalue weighted by atomic mass is 16.5. The molecule has 0 aromatic carbocycles. The third kappa shape index (κ3) is 2.63. The molecular weight excluding hydrogens is 384 g/mol. The highest BCUT2D eigenvalue weighted by Gasteiger charge is 2.58. The van der Waals surface area contributed by atoms with E-state index in [0.29, 0.717) is 29.2 Å². The number of anilines is 1. The fourth-order valence-corrected chi connectivity index (χ4v) is 4.57. The van der Waals surface area contributed by atoms with E-state index in [-0.39, 0.29) is 12.1 Å². The van der Waals surface area contributed by atoms with Crippen LogP contribution in [0.15, 0.2) is 40.2 Å². The lowest BCUT2D eigenvalue weighted by atomic mass is 10.2. The number of piperidine rings is 1. The number of nitrogens with zero attached hydrogens (tertiary/aromatic N) is 8. The Morgan fingerprint density at radius 2 is 2.03 bits per heavy atom. The number of aryl methyl sites for hydroxylation is 2. The molecule has 5 heterocycles. The fraction of sp³-hybridized carbons (Fsp3) is 0.400. The second-order valence-electron chi connectivity index (χ2n) is 8.23. The summed E-state index contributed by atoms with van der Waals surface area (Å²) in [7, 11) is 0. The summed E-state index contributed by atoms with van der Waals surface area (Å²) < 4.78 is 8.26. The largest absolute Gasteiger partial charge is 0.356 e. The Morgan fingerprint density at radius 3 is 2.83 bits per heavy atom. The molecule has 2 fully saturated rings. The van der Waals surface area contributed by atoms with E-state index in [1.165, 1.54) is 21.1 Å². The van der Waals surface area contributed by atoms with Crippen molar-refractivity contribution in [2.45, 2.75) is 26.3 Å². The van der Waals surface area contributed by atoms with Crippen LogP contribution in [0, 0.1) is 25.7 Å². The van der Waals surface area contributed by atoms with Gasteiger partial charge in [-0.05, 0) is 43.4 Å². The number of aromatic nitrogens is 7. The quantitative estimate of drug-likeness (QED) is 0.499. The zero-order valence-electron chi connectivity index (χ0n) is 16.6. The van der Waals surface area contributed by atoms with Crippen molar-refractivity contribution in [3.8, 4) is 0 Å². The van der Waals surface area contributed by atoms with Gasteiger partial charge in [-0.15, -0.1) is 9.73 Å². The van der Waals surface area contributed by atoms with Crippen LogP contribution in [0.5, 0.6) is 0 Å². The van der Waals surface area contributed by atoms with Gasteiger partial charge in [0.05, 0.1) is 6.20 Å². The SMILES string of the molecule is Cc1ccnc(N2C[C@@H]3C(c4noc(Cn5cnn6ncc(C)c6c5=O)n4)[C@@H]3C2)c1. The summed E-state index contributed by atoms with van der Waals surface area (Å²) in [5.74, 6) is 3.54. The van der Waals surface area contributed by atoms with Crippen molar-refractivity contribution in [3.63, 3.8) is 0 Å². The summed E-state index contributed by atoms with van der Waals surface area (Å²) in [6, 6.07) is 4.13. The molecule has 1 aliphatic carbocycles. The van der Waals surface area contributed by atoms with Gasteiger partial charge in [0.1, 0.15) is 18.7 Å². The van der Waals surface area contributed by atoms with E-state index in [1.54, 1.807) is 6.20 Å². The molecule has 0 radical (unpaired) electrons. The molecule has 0 N–H and O–H groups in total. The number of rotatable bonds is 4. The molecule has 1 saturated heterocycles. The first-order valence-electron chi connectivity index (χ1n) is 9.98. The molecule has 10 heteroatoms.